The van der Waals surface area contributed by atoms with E-state index in [4.69, 9.17) is 4.74 Å². The van der Waals surface area contributed by atoms with E-state index in [2.05, 4.69) is 15.3 Å². The van der Waals surface area contributed by atoms with Gasteiger partial charge < -0.3 is 19.9 Å². The number of ether oxygens (including phenoxy) is 1. The fraction of sp³-hybridized carbons (Fsp3) is 0.250. The molecule has 0 fully saturated rings. The van der Waals surface area contributed by atoms with Gasteiger partial charge in [0, 0.05) is 26.6 Å². The minimum Gasteiger partial charge on any atom is -0.481 e. The number of nitrogens with one attached hydrogen (secondary N) is 2. The van der Waals surface area contributed by atoms with Crippen molar-refractivity contribution in [1.82, 2.24) is 20.2 Å². The Bertz CT molecular complexity index is 950. The third-order valence-electron chi connectivity index (χ3n) is 4.23. The molecule has 2 amide bonds. The third kappa shape index (κ3) is 4.25. The zero-order chi connectivity index (χ0) is 19.4. The van der Waals surface area contributed by atoms with Crippen molar-refractivity contribution in [2.45, 2.75) is 12.5 Å². The molecule has 0 bridgehead atoms. The summed E-state index contributed by atoms with van der Waals surface area (Å²) in [7, 11) is 4.88. The topological polar surface area (TPSA) is 87.3 Å². The van der Waals surface area contributed by atoms with Crippen LogP contribution < -0.4 is 10.1 Å². The van der Waals surface area contributed by atoms with Gasteiger partial charge in [0.15, 0.2) is 0 Å². The number of hydrogen-bond donors (Lipinski definition) is 2. The highest BCUT2D eigenvalue weighted by Gasteiger charge is 2.24. The first-order valence-corrected chi connectivity index (χ1v) is 8.57. The van der Waals surface area contributed by atoms with Gasteiger partial charge in [-0.3, -0.25) is 9.59 Å². The quantitative estimate of drug-likeness (QED) is 0.699. The summed E-state index contributed by atoms with van der Waals surface area (Å²) in [4.78, 5) is 34.1. The number of rotatable bonds is 6. The molecule has 0 spiro atoms. The lowest BCUT2D eigenvalue weighted by Gasteiger charge is -2.21. The lowest BCUT2D eigenvalue weighted by Crippen LogP contribution is -2.47. The van der Waals surface area contributed by atoms with E-state index < -0.39 is 6.04 Å². The molecule has 7 heteroatoms. The van der Waals surface area contributed by atoms with Crippen LogP contribution in [-0.4, -0.2) is 53.9 Å². The van der Waals surface area contributed by atoms with Gasteiger partial charge in [0.25, 0.3) is 5.91 Å². The molecule has 3 aromatic rings. The zero-order valence-corrected chi connectivity index (χ0v) is 15.5. The van der Waals surface area contributed by atoms with Gasteiger partial charge in [-0.2, -0.15) is 0 Å². The van der Waals surface area contributed by atoms with Gasteiger partial charge in [0.2, 0.25) is 11.8 Å². The molecular formula is C20H22N4O3. The van der Waals surface area contributed by atoms with Gasteiger partial charge >= 0.3 is 0 Å². The van der Waals surface area contributed by atoms with E-state index in [1.807, 2.05) is 30.3 Å². The first-order chi connectivity index (χ1) is 13.0. The number of aromatic nitrogens is 2. The number of amides is 2. The average Bonchev–Trinajstić information content (AvgIpc) is 3.10. The van der Waals surface area contributed by atoms with Crippen molar-refractivity contribution in [2.75, 3.05) is 21.2 Å². The predicted molar refractivity (Wildman–Crippen MR) is 103 cm³/mol. The monoisotopic (exact) mass is 366 g/mol. The van der Waals surface area contributed by atoms with E-state index in [-0.39, 0.29) is 11.8 Å². The second-order valence-corrected chi connectivity index (χ2v) is 6.42. The number of aromatic amines is 1. The highest BCUT2D eigenvalue weighted by Crippen LogP contribution is 2.17. The lowest BCUT2D eigenvalue weighted by atomic mass is 10.0. The minimum absolute atomic E-state index is 0.164. The molecule has 2 N–H and O–H groups in total. The van der Waals surface area contributed by atoms with Crippen molar-refractivity contribution in [3.8, 4) is 5.88 Å². The Hall–Kier alpha value is -3.35. The Morgan fingerprint density at radius 3 is 2.59 bits per heavy atom. The van der Waals surface area contributed by atoms with Crippen molar-refractivity contribution in [1.29, 1.82) is 0 Å². The van der Waals surface area contributed by atoms with E-state index in [0.717, 1.165) is 11.1 Å². The largest absolute Gasteiger partial charge is 0.481 e. The van der Waals surface area contributed by atoms with Crippen LogP contribution in [0.4, 0.5) is 0 Å². The van der Waals surface area contributed by atoms with E-state index in [1.165, 1.54) is 12.0 Å². The summed E-state index contributed by atoms with van der Waals surface area (Å²) in [6, 6.07) is 14.1. The fourth-order valence-electron chi connectivity index (χ4n) is 2.82. The van der Waals surface area contributed by atoms with E-state index in [0.29, 0.717) is 23.5 Å². The van der Waals surface area contributed by atoms with Gasteiger partial charge in [-0.1, -0.05) is 30.3 Å². The lowest BCUT2D eigenvalue weighted by molar-refractivity contribution is -0.130. The first kappa shape index (κ1) is 18.4. The predicted octanol–water partition coefficient (Wildman–Crippen LogP) is 2.00. The summed E-state index contributed by atoms with van der Waals surface area (Å²) in [5.74, 6) is -0.0515. The number of pyridine rings is 1. The molecule has 7 nitrogen and oxygen atoms in total. The molecule has 1 unspecified atom stereocenters. The van der Waals surface area contributed by atoms with Crippen molar-refractivity contribution < 1.29 is 14.3 Å². The maximum atomic E-state index is 12.7. The van der Waals surface area contributed by atoms with Gasteiger partial charge in [-0.05, 0) is 17.7 Å². The normalized spacial score (nSPS) is 11.8. The fourth-order valence-corrected chi connectivity index (χ4v) is 2.82. The van der Waals surface area contributed by atoms with Gasteiger partial charge in [-0.25, -0.2) is 4.98 Å². The number of likely N-dealkylation sites (N-methyl/N-ethyl adjacent to an activating group) is 1. The van der Waals surface area contributed by atoms with Crippen LogP contribution >= 0.6 is 0 Å². The van der Waals surface area contributed by atoms with Crippen molar-refractivity contribution in [2.24, 2.45) is 0 Å². The Morgan fingerprint density at radius 1 is 1.19 bits per heavy atom. The molecule has 140 valence electrons. The Labute approximate surface area is 157 Å². The second kappa shape index (κ2) is 7.90. The summed E-state index contributed by atoms with van der Waals surface area (Å²) in [5.41, 5.74) is 2.66. The number of methoxy groups -OCH3 is 1. The van der Waals surface area contributed by atoms with Crippen LogP contribution in [0.1, 0.15) is 16.1 Å². The smallest absolute Gasteiger partial charge is 0.268 e. The summed E-state index contributed by atoms with van der Waals surface area (Å²) in [5, 5.41) is 2.83. The highest BCUT2D eigenvalue weighted by molar-refractivity contribution is 5.99. The Kier molecular flexibility index (Phi) is 5.40. The van der Waals surface area contributed by atoms with Crippen LogP contribution in [0.25, 0.3) is 11.0 Å². The molecule has 27 heavy (non-hydrogen) atoms. The molecule has 0 saturated heterocycles. The molecule has 0 aliphatic heterocycles. The standard InChI is InChI=1S/C20H22N4O3/c1-24(2)20(26)17(11-13-7-5-4-6-8-13)23-19(25)16-12-15-14(21-16)9-10-18(22-15)27-3/h4-10,12,17,21H,11H2,1-3H3,(H,23,25). The first-order valence-electron chi connectivity index (χ1n) is 8.57. The van der Waals surface area contributed by atoms with Crippen molar-refractivity contribution in [3.05, 3.63) is 59.8 Å². The molecule has 0 aliphatic carbocycles. The molecule has 1 atom stereocenters. The van der Waals surface area contributed by atoms with Crippen LogP contribution in [-0.2, 0) is 11.2 Å². The van der Waals surface area contributed by atoms with Crippen molar-refractivity contribution >= 4 is 22.8 Å². The number of carbonyl (C=O) groups excluding carboxylic acids is 2. The van der Waals surface area contributed by atoms with E-state index in [9.17, 15) is 9.59 Å². The maximum Gasteiger partial charge on any atom is 0.268 e. The molecule has 2 aromatic heterocycles. The summed E-state index contributed by atoms with van der Waals surface area (Å²) in [6.45, 7) is 0. The minimum atomic E-state index is -0.663. The van der Waals surface area contributed by atoms with Crippen LogP contribution in [0.2, 0.25) is 0 Å². The molecule has 3 rings (SSSR count). The number of carbonyl (C=O) groups is 2. The van der Waals surface area contributed by atoms with Gasteiger partial charge in [-0.15, -0.1) is 0 Å². The number of nitrogens with zero attached hydrogens (tertiary/aromatic N) is 2. The summed E-state index contributed by atoms with van der Waals surface area (Å²) < 4.78 is 5.11. The molecule has 0 radical (unpaired) electrons. The van der Waals surface area contributed by atoms with Crippen LogP contribution in [0, 0.1) is 0 Å². The highest BCUT2D eigenvalue weighted by atomic mass is 16.5. The maximum absolute atomic E-state index is 12.7. The summed E-state index contributed by atoms with van der Waals surface area (Å²) >= 11 is 0. The van der Waals surface area contributed by atoms with Crippen molar-refractivity contribution in [3.63, 3.8) is 0 Å². The zero-order valence-electron chi connectivity index (χ0n) is 15.5. The molecule has 0 aliphatic rings. The molecule has 1 aromatic carbocycles. The Morgan fingerprint density at radius 2 is 1.93 bits per heavy atom. The van der Waals surface area contributed by atoms with Crippen LogP contribution in [0.5, 0.6) is 5.88 Å². The SMILES string of the molecule is COc1ccc2[nH]c(C(=O)NC(Cc3ccccc3)C(=O)N(C)C)cc2n1. The molecule has 2 heterocycles. The van der Waals surface area contributed by atoms with E-state index >= 15 is 0 Å². The van der Waals surface area contributed by atoms with E-state index in [1.54, 1.807) is 32.3 Å². The number of hydrogen-bond acceptors (Lipinski definition) is 4. The third-order valence-corrected chi connectivity index (χ3v) is 4.23. The number of benzene rings is 1. The number of H-pyrrole nitrogens is 1. The van der Waals surface area contributed by atoms with Gasteiger partial charge in [0.05, 0.1) is 18.1 Å². The summed E-state index contributed by atoms with van der Waals surface area (Å²) in [6.07, 6.45) is 0.413. The molecular weight excluding hydrogens is 344 g/mol. The second-order valence-electron chi connectivity index (χ2n) is 6.42. The number of fused-ring (bicyclic) bond motifs is 1. The van der Waals surface area contributed by atoms with Gasteiger partial charge in [0.1, 0.15) is 11.7 Å². The molecule has 0 saturated carbocycles. The van der Waals surface area contributed by atoms with Crippen LogP contribution in [0.15, 0.2) is 48.5 Å². The van der Waals surface area contributed by atoms with Crippen LogP contribution in [0.3, 0.4) is 0 Å². The Balaban J connectivity index is 1.82. The average molecular weight is 366 g/mol.